The van der Waals surface area contributed by atoms with Crippen LogP contribution in [0.4, 0.5) is 92.2 Å². The van der Waals surface area contributed by atoms with E-state index in [9.17, 15) is 92.2 Å². The molecule has 0 atom stereocenters. The van der Waals surface area contributed by atoms with E-state index in [4.69, 9.17) is 0 Å². The number of hydrogen-bond acceptors (Lipinski definition) is 0. The molecular weight excluding hydrogens is 778 g/mol. The first-order valence-corrected chi connectivity index (χ1v) is 13.4. The second-order valence-electron chi connectivity index (χ2n) is 9.51. The fourth-order valence-electron chi connectivity index (χ4n) is 3.33. The first-order valence-electron chi connectivity index (χ1n) is 11.7. The Bertz CT molecular complexity index is 1420. The quantitative estimate of drug-likeness (QED) is 0.149. The first kappa shape index (κ1) is 40.4. The van der Waals surface area contributed by atoms with Crippen LogP contribution in [0.5, 0.6) is 0 Å². The molecule has 22 heteroatoms. The first-order chi connectivity index (χ1) is 20.7. The molecule has 0 saturated heterocycles. The fourth-order valence-corrected chi connectivity index (χ4v) is 5.45. The maximum absolute atomic E-state index is 14.8. The second-order valence-corrected chi connectivity index (χ2v) is 11.8. The molecule has 2 rings (SSSR count). The van der Waals surface area contributed by atoms with Gasteiger partial charge in [-0.2, -0.15) is 13.2 Å². The number of allylic oxidation sites excluding steroid dienone is 1. The molecule has 0 radical (unpaired) electrons. The predicted octanol–water partition coefficient (Wildman–Crippen LogP) is 9.65. The molecule has 0 unspecified atom stereocenters. The number of rotatable bonds is 12. The molecule has 0 nitrogen and oxygen atoms in total. The van der Waals surface area contributed by atoms with Gasteiger partial charge in [-0.15, -0.1) is 0 Å². The van der Waals surface area contributed by atoms with E-state index in [0.717, 1.165) is 36.4 Å². The topological polar surface area (TPSA) is 0 Å². The van der Waals surface area contributed by atoms with Gasteiger partial charge >= 0.3 is 241 Å². The summed E-state index contributed by atoms with van der Waals surface area (Å²) < 4.78 is 287. The Morgan fingerprint density at radius 1 is 0.447 bits per heavy atom. The Morgan fingerprint density at radius 3 is 1.15 bits per heavy atom. The van der Waals surface area contributed by atoms with Crippen molar-refractivity contribution in [3.05, 3.63) is 71.8 Å². The Balaban J connectivity index is 2.75. The Hall–Kier alpha value is -2.77. The van der Waals surface area contributed by atoms with Crippen molar-refractivity contribution in [2.75, 3.05) is 0 Å². The molecule has 0 amide bonds. The van der Waals surface area contributed by atoms with Crippen LogP contribution in [-0.4, -0.2) is 74.4 Å². The van der Waals surface area contributed by atoms with Crippen LogP contribution in [-0.2, 0) is 0 Å². The van der Waals surface area contributed by atoms with Gasteiger partial charge in [-0.3, -0.25) is 0 Å². The molecule has 0 bridgehead atoms. The van der Waals surface area contributed by atoms with Crippen LogP contribution in [0.1, 0.15) is 11.1 Å². The van der Waals surface area contributed by atoms with E-state index in [2.05, 4.69) is 0 Å². The zero-order chi connectivity index (χ0) is 37.1. The molecule has 0 aliphatic heterocycles. The second kappa shape index (κ2) is 12.0. The average molecular weight is 791 g/mol. The minimum atomic E-state index is -9.20. The standard InChI is InChI=1S/C25H13F21Se/c1-12-7-9-13(10-8-12)15(47-14-5-3-2-4-6-14)11-16(26,27)17(28,29)18(30,31)19(32,33)20(34,35)21(36,37)22(38,39)23(40,41)24(42,43)25(44,45)46/h2-11H,1H3/b15-11-. The van der Waals surface area contributed by atoms with Crippen molar-refractivity contribution in [2.45, 2.75) is 66.4 Å². The Morgan fingerprint density at radius 2 is 0.787 bits per heavy atom. The van der Waals surface area contributed by atoms with Crippen LogP contribution in [0.2, 0.25) is 0 Å². The van der Waals surface area contributed by atoms with Gasteiger partial charge < -0.3 is 0 Å². The summed E-state index contributed by atoms with van der Waals surface area (Å²) in [6.45, 7) is 1.40. The van der Waals surface area contributed by atoms with Gasteiger partial charge in [0, 0.05) is 0 Å². The number of aryl methyl sites for hydroxylation is 1. The fraction of sp³-hybridized carbons (Fsp3) is 0.440. The van der Waals surface area contributed by atoms with E-state index in [1.54, 1.807) is 0 Å². The molecule has 2 aromatic carbocycles. The van der Waals surface area contributed by atoms with E-state index < -0.39 is 90.5 Å². The normalized spacial score (nSPS) is 15.7. The van der Waals surface area contributed by atoms with Gasteiger partial charge in [-0.1, -0.05) is 0 Å². The van der Waals surface area contributed by atoms with Crippen LogP contribution in [0, 0.1) is 6.92 Å². The Kier molecular flexibility index (Phi) is 10.3. The van der Waals surface area contributed by atoms with Crippen molar-refractivity contribution in [3.63, 3.8) is 0 Å². The van der Waals surface area contributed by atoms with Crippen molar-refractivity contribution < 1.29 is 92.2 Å². The summed E-state index contributed by atoms with van der Waals surface area (Å²) >= 11 is -1.65. The third kappa shape index (κ3) is 6.16. The van der Waals surface area contributed by atoms with E-state index in [1.807, 2.05) is 0 Å². The molecule has 47 heavy (non-hydrogen) atoms. The zero-order valence-electron chi connectivity index (χ0n) is 22.1. The summed E-state index contributed by atoms with van der Waals surface area (Å²) in [4.78, 5) is 0. The van der Waals surface area contributed by atoms with Gasteiger partial charge in [0.15, 0.2) is 0 Å². The molecule has 0 heterocycles. The molecule has 0 saturated carbocycles. The third-order valence-corrected chi connectivity index (χ3v) is 8.42. The van der Waals surface area contributed by atoms with Crippen LogP contribution >= 0.6 is 0 Å². The maximum atomic E-state index is 14.8. The van der Waals surface area contributed by atoms with Crippen LogP contribution in [0.3, 0.4) is 0 Å². The molecular formula is C25H13F21Se. The summed E-state index contributed by atoms with van der Waals surface area (Å²) in [6, 6.07) is 10.2. The van der Waals surface area contributed by atoms with Gasteiger partial charge in [-0.05, 0) is 0 Å². The van der Waals surface area contributed by atoms with Crippen molar-refractivity contribution in [2.24, 2.45) is 0 Å². The van der Waals surface area contributed by atoms with Crippen molar-refractivity contribution >= 4 is 23.9 Å². The number of alkyl halides is 21. The minimum absolute atomic E-state index is 0.00646. The van der Waals surface area contributed by atoms with Crippen LogP contribution < -0.4 is 4.46 Å². The molecule has 2 aromatic rings. The number of benzene rings is 2. The van der Waals surface area contributed by atoms with Gasteiger partial charge in [-0.25, -0.2) is 0 Å². The summed E-state index contributed by atoms with van der Waals surface area (Å²) in [6.07, 6.45) is -9.19. The monoisotopic (exact) mass is 792 g/mol. The Labute approximate surface area is 254 Å². The van der Waals surface area contributed by atoms with Crippen molar-refractivity contribution in [3.8, 4) is 0 Å². The number of halogens is 21. The SMILES string of the molecule is Cc1ccc(/C(=C/C(F)(F)C(F)(F)C(F)(F)C(F)(F)C(F)(F)C(F)(F)C(F)(F)C(F)(F)C(F)(F)C(F)(F)F)[Se]c2ccccc2)cc1. The van der Waals surface area contributed by atoms with Gasteiger partial charge in [0.1, 0.15) is 0 Å². The molecule has 0 spiro atoms. The number of hydrogen-bond donors (Lipinski definition) is 0. The predicted molar refractivity (Wildman–Crippen MR) is 122 cm³/mol. The van der Waals surface area contributed by atoms with Crippen molar-refractivity contribution in [1.29, 1.82) is 0 Å². The molecule has 0 N–H and O–H groups in total. The zero-order valence-corrected chi connectivity index (χ0v) is 23.8. The average Bonchev–Trinajstić information content (AvgIpc) is 2.92. The van der Waals surface area contributed by atoms with E-state index in [-0.39, 0.29) is 4.46 Å². The molecule has 266 valence electrons. The third-order valence-electron chi connectivity index (χ3n) is 6.15. The van der Waals surface area contributed by atoms with E-state index in [1.165, 1.54) is 25.1 Å². The molecule has 0 aliphatic rings. The van der Waals surface area contributed by atoms with E-state index >= 15 is 0 Å². The summed E-state index contributed by atoms with van der Waals surface area (Å²) in [5, 5.41) is 0. The molecule has 0 aromatic heterocycles. The van der Waals surface area contributed by atoms with Gasteiger partial charge in [0.05, 0.1) is 0 Å². The van der Waals surface area contributed by atoms with Crippen molar-refractivity contribution in [1.82, 2.24) is 0 Å². The molecule has 0 fully saturated rings. The molecule has 0 aliphatic carbocycles. The van der Waals surface area contributed by atoms with Gasteiger partial charge in [0.2, 0.25) is 0 Å². The van der Waals surface area contributed by atoms with Crippen LogP contribution in [0.15, 0.2) is 60.7 Å². The van der Waals surface area contributed by atoms with Gasteiger partial charge in [0.25, 0.3) is 0 Å². The summed E-state index contributed by atoms with van der Waals surface area (Å²) in [7, 11) is 0. The van der Waals surface area contributed by atoms with Crippen LogP contribution in [0.25, 0.3) is 4.47 Å². The summed E-state index contributed by atoms with van der Waals surface area (Å²) in [5.74, 6) is -77.3. The summed E-state index contributed by atoms with van der Waals surface area (Å²) in [5.41, 5.74) is -0.128. The van der Waals surface area contributed by atoms with E-state index in [0.29, 0.717) is 5.56 Å².